The first kappa shape index (κ1) is 21.1. The van der Waals surface area contributed by atoms with Crippen molar-refractivity contribution in [2.75, 3.05) is 23.0 Å². The summed E-state index contributed by atoms with van der Waals surface area (Å²) in [6, 6.07) is 17.6. The summed E-state index contributed by atoms with van der Waals surface area (Å²) < 4.78 is 0. The quantitative estimate of drug-likeness (QED) is 0.255. The second kappa shape index (κ2) is 9.01. The third-order valence-corrected chi connectivity index (χ3v) is 6.41. The Morgan fingerprint density at radius 3 is 2.42 bits per heavy atom. The molecule has 0 radical (unpaired) electrons. The number of anilines is 5. The van der Waals surface area contributed by atoms with Gasteiger partial charge in [-0.25, -0.2) is 9.97 Å². The summed E-state index contributed by atoms with van der Waals surface area (Å²) in [5.41, 5.74) is 3.86. The number of pyridine rings is 2. The summed E-state index contributed by atoms with van der Waals surface area (Å²) in [5.74, 6) is 1.48. The van der Waals surface area contributed by atoms with Crippen molar-refractivity contribution < 1.29 is 0 Å². The van der Waals surface area contributed by atoms with Crippen LogP contribution in [0, 0.1) is 6.92 Å². The van der Waals surface area contributed by atoms with Crippen LogP contribution in [0.5, 0.6) is 0 Å². The molecule has 0 aliphatic carbocycles. The highest BCUT2D eigenvalue weighted by atomic mass is 35.5. The van der Waals surface area contributed by atoms with Gasteiger partial charge in [-0.3, -0.25) is 0 Å². The molecule has 0 saturated heterocycles. The molecule has 7 nitrogen and oxygen atoms in total. The Morgan fingerprint density at radius 1 is 0.818 bits per heavy atom. The van der Waals surface area contributed by atoms with E-state index in [0.29, 0.717) is 5.02 Å². The molecule has 0 bridgehead atoms. The van der Waals surface area contributed by atoms with E-state index in [-0.39, 0.29) is 0 Å². The van der Waals surface area contributed by atoms with Crippen LogP contribution in [0.1, 0.15) is 5.56 Å². The third kappa shape index (κ3) is 4.30. The molecule has 0 aliphatic heterocycles. The van der Waals surface area contributed by atoms with Gasteiger partial charge in [-0.15, -0.1) is 10.2 Å². The van der Waals surface area contributed by atoms with Gasteiger partial charge >= 0.3 is 0 Å². The van der Waals surface area contributed by atoms with Gasteiger partial charge in [0.1, 0.15) is 11.6 Å². The van der Waals surface area contributed by atoms with E-state index >= 15 is 0 Å². The molecule has 2 aromatic carbocycles. The Bertz CT molecular complexity index is 1430. The van der Waals surface area contributed by atoms with Crippen molar-refractivity contribution in [3.63, 3.8) is 0 Å². The lowest BCUT2D eigenvalue weighted by Gasteiger charge is -2.16. The predicted octanol–water partition coefficient (Wildman–Crippen LogP) is 6.64. The second-order valence-electron chi connectivity index (χ2n) is 7.33. The lowest BCUT2D eigenvalue weighted by molar-refractivity contribution is 1.09. The van der Waals surface area contributed by atoms with Gasteiger partial charge in [0.2, 0.25) is 5.13 Å². The lowest BCUT2D eigenvalue weighted by Crippen LogP contribution is -2.01. The largest absolute Gasteiger partial charge is 0.363 e. The number of rotatable bonds is 6. The van der Waals surface area contributed by atoms with Crippen molar-refractivity contribution in [3.05, 3.63) is 77.6 Å². The van der Waals surface area contributed by atoms with Crippen molar-refractivity contribution in [2.24, 2.45) is 0 Å². The summed E-state index contributed by atoms with van der Waals surface area (Å²) in [6.45, 7) is 2.07. The number of benzene rings is 2. The topological polar surface area (TPSA) is 87.7 Å². The van der Waals surface area contributed by atoms with Crippen LogP contribution in [0.15, 0.2) is 67.0 Å². The van der Waals surface area contributed by atoms with E-state index in [1.807, 2.05) is 49.5 Å². The maximum absolute atomic E-state index is 6.02. The SMILES string of the molecule is CNc1nnc(-c2cccnc2Nc2c(C)ccc3c(Nc4ccc(Cl)cc4)nccc23)s1. The molecule has 33 heavy (non-hydrogen) atoms. The van der Waals surface area contributed by atoms with E-state index in [2.05, 4.69) is 55.2 Å². The van der Waals surface area contributed by atoms with Gasteiger partial charge in [-0.05, 0) is 55.0 Å². The molecule has 0 atom stereocenters. The highest BCUT2D eigenvalue weighted by molar-refractivity contribution is 7.18. The maximum atomic E-state index is 6.02. The molecule has 0 saturated carbocycles. The molecule has 3 N–H and O–H groups in total. The van der Waals surface area contributed by atoms with Crippen LogP contribution in [0.2, 0.25) is 5.02 Å². The zero-order chi connectivity index (χ0) is 22.8. The van der Waals surface area contributed by atoms with E-state index in [9.17, 15) is 0 Å². The van der Waals surface area contributed by atoms with Crippen LogP contribution in [-0.4, -0.2) is 27.2 Å². The molecule has 164 valence electrons. The minimum Gasteiger partial charge on any atom is -0.363 e. The van der Waals surface area contributed by atoms with Crippen molar-refractivity contribution in [1.82, 2.24) is 20.2 Å². The fourth-order valence-electron chi connectivity index (χ4n) is 3.53. The van der Waals surface area contributed by atoms with Crippen LogP contribution >= 0.6 is 22.9 Å². The standard InChI is InChI=1S/C24H20ClN7S/c1-14-5-10-18-17(11-13-28-21(18)29-16-8-6-15(25)7-9-16)20(14)30-22-19(4-3-12-27-22)23-31-32-24(26-2)33-23/h3-13H,1-2H3,(H,26,32)(H,27,30)(H,28,29). The van der Waals surface area contributed by atoms with Crippen molar-refractivity contribution in [2.45, 2.75) is 6.92 Å². The van der Waals surface area contributed by atoms with Gasteiger partial charge in [0.05, 0.1) is 11.3 Å². The molecule has 0 unspecified atom stereocenters. The van der Waals surface area contributed by atoms with E-state index < -0.39 is 0 Å². The minimum absolute atomic E-state index is 0.692. The maximum Gasteiger partial charge on any atom is 0.205 e. The lowest BCUT2D eigenvalue weighted by atomic mass is 10.1. The predicted molar refractivity (Wildman–Crippen MR) is 137 cm³/mol. The Morgan fingerprint density at radius 2 is 1.64 bits per heavy atom. The number of nitrogens with one attached hydrogen (secondary N) is 3. The highest BCUT2D eigenvalue weighted by Crippen LogP contribution is 2.37. The third-order valence-electron chi connectivity index (χ3n) is 5.18. The van der Waals surface area contributed by atoms with Crippen molar-refractivity contribution in [1.29, 1.82) is 0 Å². The average molecular weight is 474 g/mol. The Hall–Kier alpha value is -3.75. The fraction of sp³-hybridized carbons (Fsp3) is 0.0833. The average Bonchev–Trinajstić information content (AvgIpc) is 3.32. The molecule has 0 aliphatic rings. The highest BCUT2D eigenvalue weighted by Gasteiger charge is 2.15. The normalized spacial score (nSPS) is 10.9. The minimum atomic E-state index is 0.692. The molecular weight excluding hydrogens is 454 g/mol. The first-order valence-corrected chi connectivity index (χ1v) is 11.5. The smallest absolute Gasteiger partial charge is 0.205 e. The van der Waals surface area contributed by atoms with E-state index in [1.54, 1.807) is 12.4 Å². The van der Waals surface area contributed by atoms with Crippen LogP contribution in [0.25, 0.3) is 21.3 Å². The van der Waals surface area contributed by atoms with Crippen LogP contribution < -0.4 is 16.0 Å². The first-order chi connectivity index (χ1) is 16.1. The van der Waals surface area contributed by atoms with Gasteiger partial charge in [-0.2, -0.15) is 0 Å². The Kier molecular flexibility index (Phi) is 5.77. The zero-order valence-electron chi connectivity index (χ0n) is 17.9. The van der Waals surface area contributed by atoms with E-state index in [4.69, 9.17) is 11.6 Å². The van der Waals surface area contributed by atoms with E-state index in [1.165, 1.54) is 11.3 Å². The molecule has 0 amide bonds. The van der Waals surface area contributed by atoms with Crippen molar-refractivity contribution in [3.8, 4) is 10.6 Å². The zero-order valence-corrected chi connectivity index (χ0v) is 19.5. The number of fused-ring (bicyclic) bond motifs is 1. The number of hydrogen-bond acceptors (Lipinski definition) is 8. The molecule has 0 spiro atoms. The number of aryl methyl sites for hydroxylation is 1. The number of halogens is 1. The van der Waals surface area contributed by atoms with Gasteiger partial charge in [0.25, 0.3) is 0 Å². The van der Waals surface area contributed by atoms with E-state index in [0.717, 1.165) is 55.0 Å². The van der Waals surface area contributed by atoms with Crippen LogP contribution in [-0.2, 0) is 0 Å². The molecule has 3 heterocycles. The van der Waals surface area contributed by atoms with Gasteiger partial charge in [0.15, 0.2) is 5.01 Å². The molecule has 3 aromatic heterocycles. The van der Waals surface area contributed by atoms with Gasteiger partial charge < -0.3 is 16.0 Å². The number of nitrogens with zero attached hydrogens (tertiary/aromatic N) is 4. The molecule has 5 aromatic rings. The van der Waals surface area contributed by atoms with Crippen molar-refractivity contribution >= 4 is 61.9 Å². The number of hydrogen-bond donors (Lipinski definition) is 3. The van der Waals surface area contributed by atoms with Crippen LogP contribution in [0.3, 0.4) is 0 Å². The fourth-order valence-corrected chi connectivity index (χ4v) is 4.38. The summed E-state index contributed by atoms with van der Waals surface area (Å²) in [5, 5.41) is 22.7. The molecule has 0 fully saturated rings. The van der Waals surface area contributed by atoms with Gasteiger partial charge in [0, 0.05) is 40.9 Å². The summed E-state index contributed by atoms with van der Waals surface area (Å²) in [7, 11) is 1.83. The Balaban J connectivity index is 1.56. The summed E-state index contributed by atoms with van der Waals surface area (Å²) >= 11 is 7.50. The molecular formula is C24H20ClN7S. The summed E-state index contributed by atoms with van der Waals surface area (Å²) in [4.78, 5) is 9.16. The molecule has 5 rings (SSSR count). The molecule has 9 heteroatoms. The first-order valence-electron chi connectivity index (χ1n) is 10.3. The second-order valence-corrected chi connectivity index (χ2v) is 8.74. The van der Waals surface area contributed by atoms with Gasteiger partial charge in [-0.1, -0.05) is 35.1 Å². The van der Waals surface area contributed by atoms with Crippen LogP contribution in [0.4, 0.5) is 28.1 Å². The monoisotopic (exact) mass is 473 g/mol. The Labute approximate surface area is 199 Å². The number of aromatic nitrogens is 4. The summed E-state index contributed by atoms with van der Waals surface area (Å²) in [6.07, 6.45) is 3.57.